The highest BCUT2D eigenvalue weighted by molar-refractivity contribution is 6.30. The normalized spacial score (nSPS) is 11.1. The summed E-state index contributed by atoms with van der Waals surface area (Å²) in [6.45, 7) is 3.90. The molecule has 1 aromatic carbocycles. The van der Waals surface area contributed by atoms with Gasteiger partial charge in [-0.2, -0.15) is 0 Å². The first kappa shape index (κ1) is 12.2. The predicted octanol–water partition coefficient (Wildman–Crippen LogP) is 3.49. The van der Waals surface area contributed by atoms with Gasteiger partial charge in [0.25, 0.3) is 0 Å². The number of rotatable bonds is 5. The molecule has 1 N–H and O–H groups in total. The smallest absolute Gasteiger partial charge is 0.125 e. The van der Waals surface area contributed by atoms with Crippen molar-refractivity contribution in [1.82, 2.24) is 5.32 Å². The van der Waals surface area contributed by atoms with Crippen LogP contribution < -0.4 is 5.32 Å². The third-order valence-electron chi connectivity index (χ3n) is 1.88. The number of nitrogens with one attached hydrogen (secondary N) is 1. The first-order valence-electron chi connectivity index (χ1n) is 5.05. The molecule has 0 bridgehead atoms. The van der Waals surface area contributed by atoms with E-state index in [9.17, 15) is 4.39 Å². The molecule has 3 heteroatoms. The Morgan fingerprint density at radius 3 is 2.87 bits per heavy atom. The molecule has 82 valence electrons. The van der Waals surface area contributed by atoms with E-state index in [1.165, 1.54) is 12.1 Å². The van der Waals surface area contributed by atoms with Gasteiger partial charge in [0, 0.05) is 11.6 Å². The highest BCUT2D eigenvalue weighted by Crippen LogP contribution is 2.14. The van der Waals surface area contributed by atoms with E-state index in [0.717, 1.165) is 25.1 Å². The van der Waals surface area contributed by atoms with E-state index in [2.05, 4.69) is 12.2 Å². The van der Waals surface area contributed by atoms with E-state index in [1.54, 1.807) is 6.07 Å². The van der Waals surface area contributed by atoms with Crippen LogP contribution in [-0.2, 0) is 0 Å². The Morgan fingerprint density at radius 2 is 2.20 bits per heavy atom. The Bertz CT molecular complexity index is 316. The Labute approximate surface area is 95.0 Å². The largest absolute Gasteiger partial charge is 0.313 e. The summed E-state index contributed by atoms with van der Waals surface area (Å²) in [6, 6.07) is 4.50. The average Bonchev–Trinajstić information content (AvgIpc) is 2.16. The highest BCUT2D eigenvalue weighted by atomic mass is 35.5. The van der Waals surface area contributed by atoms with Crippen LogP contribution in [0.3, 0.4) is 0 Å². The van der Waals surface area contributed by atoms with Gasteiger partial charge in [0.2, 0.25) is 0 Å². The zero-order valence-corrected chi connectivity index (χ0v) is 9.52. The van der Waals surface area contributed by atoms with Crippen LogP contribution in [0.15, 0.2) is 24.3 Å². The molecule has 0 aliphatic carbocycles. The van der Waals surface area contributed by atoms with Gasteiger partial charge < -0.3 is 5.32 Å². The lowest BCUT2D eigenvalue weighted by atomic mass is 10.2. The summed E-state index contributed by atoms with van der Waals surface area (Å²) >= 11 is 5.72. The number of hydrogen-bond acceptors (Lipinski definition) is 1. The van der Waals surface area contributed by atoms with Crippen molar-refractivity contribution in [2.75, 3.05) is 13.1 Å². The van der Waals surface area contributed by atoms with Gasteiger partial charge >= 0.3 is 0 Å². The van der Waals surface area contributed by atoms with Gasteiger partial charge in [0.05, 0.1) is 0 Å². The molecule has 0 saturated heterocycles. The van der Waals surface area contributed by atoms with E-state index in [0.29, 0.717) is 5.02 Å². The molecule has 1 nitrogen and oxygen atoms in total. The molecule has 0 radical (unpaired) electrons. The first-order chi connectivity index (χ1) is 7.22. The lowest BCUT2D eigenvalue weighted by Gasteiger charge is -1.98. The van der Waals surface area contributed by atoms with Crippen molar-refractivity contribution < 1.29 is 4.39 Å². The van der Waals surface area contributed by atoms with Crippen molar-refractivity contribution in [3.8, 4) is 0 Å². The van der Waals surface area contributed by atoms with Crippen molar-refractivity contribution in [1.29, 1.82) is 0 Å². The summed E-state index contributed by atoms with van der Waals surface area (Å²) in [7, 11) is 0. The fourth-order valence-corrected chi connectivity index (χ4v) is 1.46. The van der Waals surface area contributed by atoms with Crippen molar-refractivity contribution >= 4 is 17.7 Å². The maximum absolute atomic E-state index is 12.9. The summed E-state index contributed by atoms with van der Waals surface area (Å²) < 4.78 is 12.9. The fourth-order valence-electron chi connectivity index (χ4n) is 1.23. The maximum Gasteiger partial charge on any atom is 0.125 e. The van der Waals surface area contributed by atoms with Gasteiger partial charge in [-0.05, 0) is 36.7 Å². The Kier molecular flexibility index (Phi) is 5.37. The predicted molar refractivity (Wildman–Crippen MR) is 63.6 cm³/mol. The van der Waals surface area contributed by atoms with Crippen LogP contribution in [0.2, 0.25) is 5.02 Å². The van der Waals surface area contributed by atoms with Gasteiger partial charge in [0.15, 0.2) is 0 Å². The van der Waals surface area contributed by atoms with Crippen LogP contribution in [0.5, 0.6) is 0 Å². The molecule has 1 aromatic rings. The van der Waals surface area contributed by atoms with Crippen LogP contribution in [0, 0.1) is 5.82 Å². The van der Waals surface area contributed by atoms with Gasteiger partial charge in [-0.3, -0.25) is 0 Å². The molecule has 0 unspecified atom stereocenters. The standard InChI is InChI=1S/C12H15ClFN/c1-2-5-15-6-3-4-10-7-11(13)9-12(14)8-10/h3-4,7-9,15H,2,5-6H2,1H3/b4-3+. The Morgan fingerprint density at radius 1 is 1.40 bits per heavy atom. The second-order valence-electron chi connectivity index (χ2n) is 3.31. The summed E-state index contributed by atoms with van der Waals surface area (Å²) in [5, 5.41) is 3.65. The Balaban J connectivity index is 2.49. The van der Waals surface area contributed by atoms with Crippen molar-refractivity contribution in [3.63, 3.8) is 0 Å². The SMILES string of the molecule is CCCNC/C=C/c1cc(F)cc(Cl)c1. The van der Waals surface area contributed by atoms with E-state index in [-0.39, 0.29) is 5.82 Å². The number of halogens is 2. The molecule has 0 aromatic heterocycles. The van der Waals surface area contributed by atoms with Crippen LogP contribution >= 0.6 is 11.6 Å². The quantitative estimate of drug-likeness (QED) is 0.760. The van der Waals surface area contributed by atoms with E-state index in [1.807, 2.05) is 12.2 Å². The van der Waals surface area contributed by atoms with E-state index < -0.39 is 0 Å². The summed E-state index contributed by atoms with van der Waals surface area (Å²) in [6.07, 6.45) is 4.93. The van der Waals surface area contributed by atoms with Crippen LogP contribution in [0.1, 0.15) is 18.9 Å². The summed E-state index contributed by atoms with van der Waals surface area (Å²) in [4.78, 5) is 0. The van der Waals surface area contributed by atoms with Gasteiger partial charge in [0.1, 0.15) is 5.82 Å². The van der Waals surface area contributed by atoms with Gasteiger partial charge in [-0.1, -0.05) is 30.7 Å². The number of benzene rings is 1. The van der Waals surface area contributed by atoms with Gasteiger partial charge in [-0.25, -0.2) is 4.39 Å². The zero-order valence-electron chi connectivity index (χ0n) is 8.76. The molecular weight excluding hydrogens is 213 g/mol. The Hall–Kier alpha value is -0.860. The second-order valence-corrected chi connectivity index (χ2v) is 3.75. The highest BCUT2D eigenvalue weighted by Gasteiger charge is 1.95. The molecule has 0 fully saturated rings. The molecule has 0 heterocycles. The van der Waals surface area contributed by atoms with E-state index in [4.69, 9.17) is 11.6 Å². The van der Waals surface area contributed by atoms with Gasteiger partial charge in [-0.15, -0.1) is 0 Å². The molecular formula is C12H15ClFN. The minimum absolute atomic E-state index is 0.302. The molecule has 0 amide bonds. The fraction of sp³-hybridized carbons (Fsp3) is 0.333. The monoisotopic (exact) mass is 227 g/mol. The third kappa shape index (κ3) is 4.96. The lowest BCUT2D eigenvalue weighted by Crippen LogP contribution is -2.13. The zero-order chi connectivity index (χ0) is 11.1. The molecule has 0 aliphatic heterocycles. The molecule has 0 spiro atoms. The van der Waals surface area contributed by atoms with Crippen molar-refractivity contribution in [2.24, 2.45) is 0 Å². The summed E-state index contributed by atoms with van der Waals surface area (Å²) in [5.41, 5.74) is 0.790. The second kappa shape index (κ2) is 6.59. The number of hydrogen-bond donors (Lipinski definition) is 1. The molecule has 0 atom stereocenters. The molecule has 1 rings (SSSR count). The maximum atomic E-state index is 12.9. The topological polar surface area (TPSA) is 12.0 Å². The summed E-state index contributed by atoms with van der Waals surface area (Å²) in [5.74, 6) is -0.302. The van der Waals surface area contributed by atoms with Crippen LogP contribution in [0.4, 0.5) is 4.39 Å². The van der Waals surface area contributed by atoms with E-state index >= 15 is 0 Å². The average molecular weight is 228 g/mol. The molecule has 15 heavy (non-hydrogen) atoms. The van der Waals surface area contributed by atoms with Crippen LogP contribution in [-0.4, -0.2) is 13.1 Å². The molecule has 0 saturated carbocycles. The van der Waals surface area contributed by atoms with Crippen LogP contribution in [0.25, 0.3) is 6.08 Å². The first-order valence-corrected chi connectivity index (χ1v) is 5.43. The minimum Gasteiger partial charge on any atom is -0.313 e. The third-order valence-corrected chi connectivity index (χ3v) is 2.10. The molecule has 0 aliphatic rings. The van der Waals surface area contributed by atoms with Crippen molar-refractivity contribution in [2.45, 2.75) is 13.3 Å². The minimum atomic E-state index is -0.302. The van der Waals surface area contributed by atoms with Crippen molar-refractivity contribution in [3.05, 3.63) is 40.7 Å². The lowest BCUT2D eigenvalue weighted by molar-refractivity contribution is 0.627.